The fourth-order valence-corrected chi connectivity index (χ4v) is 4.87. The molecule has 0 bridgehead atoms. The molecular weight excluding hydrogens is 456 g/mol. The maximum atomic E-state index is 14.0. The summed E-state index contributed by atoms with van der Waals surface area (Å²) in [5, 5.41) is 2.89. The van der Waals surface area contributed by atoms with Crippen LogP contribution in [0.1, 0.15) is 67.7 Å². The van der Waals surface area contributed by atoms with E-state index < -0.39 is 0 Å². The topological polar surface area (TPSA) is 93.5 Å². The zero-order valence-electron chi connectivity index (χ0n) is 21.3. The molecule has 190 valence electrons. The molecule has 0 radical (unpaired) electrons. The van der Waals surface area contributed by atoms with Crippen LogP contribution in [0.5, 0.6) is 0 Å². The molecule has 2 amide bonds. The lowest BCUT2D eigenvalue weighted by Gasteiger charge is -2.35. The Bertz CT molecular complexity index is 1250. The first-order chi connectivity index (χ1) is 17.4. The van der Waals surface area contributed by atoms with E-state index in [1.165, 1.54) is 0 Å². The number of carbonyl (C=O) groups is 3. The van der Waals surface area contributed by atoms with Gasteiger partial charge < -0.3 is 19.5 Å². The molecule has 36 heavy (non-hydrogen) atoms. The smallest absolute Gasteiger partial charge is 0.307 e. The van der Waals surface area contributed by atoms with Crippen molar-refractivity contribution in [3.63, 3.8) is 0 Å². The van der Waals surface area contributed by atoms with Crippen molar-refractivity contribution >= 4 is 34.5 Å². The number of aryl methyl sites for hydroxylation is 1. The largest absolute Gasteiger partial charge is 0.466 e. The predicted molar refractivity (Wildman–Crippen MR) is 139 cm³/mol. The number of rotatable bonds is 8. The second-order valence-corrected chi connectivity index (χ2v) is 9.20. The Morgan fingerprint density at radius 2 is 1.89 bits per heavy atom. The van der Waals surface area contributed by atoms with Crippen LogP contribution in [0.15, 0.2) is 42.5 Å². The Balaban J connectivity index is 1.75. The predicted octanol–water partition coefficient (Wildman–Crippen LogP) is 4.46. The molecule has 1 atom stereocenters. The minimum absolute atomic E-state index is 0.133. The molecule has 1 aliphatic rings. The molecule has 1 fully saturated rings. The summed E-state index contributed by atoms with van der Waals surface area (Å²) in [5.74, 6) is 0.245. The van der Waals surface area contributed by atoms with Crippen LogP contribution in [0.3, 0.4) is 0 Å². The van der Waals surface area contributed by atoms with Gasteiger partial charge >= 0.3 is 5.97 Å². The summed E-state index contributed by atoms with van der Waals surface area (Å²) in [6.07, 6.45) is 3.72. The normalized spacial score (nSPS) is 15.6. The van der Waals surface area contributed by atoms with Gasteiger partial charge in [-0.05, 0) is 43.9 Å². The highest BCUT2D eigenvalue weighted by atomic mass is 16.5. The minimum atomic E-state index is -0.290. The molecule has 1 N–H and O–H groups in total. The monoisotopic (exact) mass is 490 g/mol. The molecule has 0 unspecified atom stereocenters. The van der Waals surface area contributed by atoms with Gasteiger partial charge in [-0.2, -0.15) is 0 Å². The van der Waals surface area contributed by atoms with Crippen LogP contribution in [0.4, 0.5) is 5.69 Å². The van der Waals surface area contributed by atoms with Gasteiger partial charge in [-0.25, -0.2) is 4.98 Å². The molecule has 2 aromatic carbocycles. The number of anilines is 1. The minimum Gasteiger partial charge on any atom is -0.466 e. The molecule has 2 heterocycles. The van der Waals surface area contributed by atoms with Crippen LogP contribution >= 0.6 is 0 Å². The summed E-state index contributed by atoms with van der Waals surface area (Å²) in [7, 11) is 1.92. The summed E-state index contributed by atoms with van der Waals surface area (Å²) >= 11 is 0. The highest BCUT2D eigenvalue weighted by Crippen LogP contribution is 2.30. The number of nitrogens with zero attached hydrogens (tertiary/aromatic N) is 3. The Morgan fingerprint density at radius 3 is 2.61 bits per heavy atom. The van der Waals surface area contributed by atoms with E-state index in [9.17, 15) is 14.4 Å². The number of hydrogen-bond acceptors (Lipinski definition) is 5. The molecule has 4 rings (SSSR count). The maximum absolute atomic E-state index is 14.0. The van der Waals surface area contributed by atoms with E-state index >= 15 is 0 Å². The van der Waals surface area contributed by atoms with E-state index in [0.717, 1.165) is 36.2 Å². The first-order valence-electron chi connectivity index (χ1n) is 12.7. The zero-order chi connectivity index (χ0) is 25.7. The number of likely N-dealkylation sites (tertiary alicyclic amines) is 1. The SMILES string of the molecule is CCOC(=O)C[C@H]1CCCCN1C(=O)c1cc(NC(=O)CC)cc2nc(Cc3ccccc3)n(C)c12. The third-order valence-corrected chi connectivity index (χ3v) is 6.70. The van der Waals surface area contributed by atoms with Gasteiger partial charge in [-0.1, -0.05) is 37.3 Å². The van der Waals surface area contributed by atoms with Gasteiger partial charge in [-0.15, -0.1) is 0 Å². The van der Waals surface area contributed by atoms with Gasteiger partial charge in [0.05, 0.1) is 29.6 Å². The van der Waals surface area contributed by atoms with Crippen LogP contribution in [0, 0.1) is 0 Å². The highest BCUT2D eigenvalue weighted by Gasteiger charge is 2.31. The summed E-state index contributed by atoms with van der Waals surface area (Å²) in [4.78, 5) is 45.1. The van der Waals surface area contributed by atoms with Crippen molar-refractivity contribution in [1.29, 1.82) is 0 Å². The fraction of sp³-hybridized carbons (Fsp3) is 0.429. The first-order valence-corrected chi connectivity index (χ1v) is 12.7. The first kappa shape index (κ1) is 25.4. The second-order valence-electron chi connectivity index (χ2n) is 9.20. The summed E-state index contributed by atoms with van der Waals surface area (Å²) < 4.78 is 7.13. The van der Waals surface area contributed by atoms with Crippen molar-refractivity contribution in [2.75, 3.05) is 18.5 Å². The standard InChI is InChI=1S/C28H34N4O4/c1-4-25(33)29-20-16-22(28(35)32-14-10-9-13-21(32)18-26(34)36-5-2)27-23(17-20)30-24(31(27)3)15-19-11-7-6-8-12-19/h6-8,11-12,16-17,21H,4-5,9-10,13-15,18H2,1-3H3,(H,29,33)/t21-/m1/s1. The summed E-state index contributed by atoms with van der Waals surface area (Å²) in [6, 6.07) is 13.4. The number of benzene rings is 2. The number of carbonyl (C=O) groups excluding carboxylic acids is 3. The van der Waals surface area contributed by atoms with E-state index in [2.05, 4.69) is 5.32 Å². The van der Waals surface area contributed by atoms with E-state index in [0.29, 0.717) is 42.8 Å². The van der Waals surface area contributed by atoms with Gasteiger partial charge in [0.15, 0.2) is 0 Å². The van der Waals surface area contributed by atoms with Gasteiger partial charge in [-0.3, -0.25) is 14.4 Å². The maximum Gasteiger partial charge on any atom is 0.307 e. The van der Waals surface area contributed by atoms with Gasteiger partial charge in [0.2, 0.25) is 5.91 Å². The van der Waals surface area contributed by atoms with Gasteiger partial charge in [0, 0.05) is 38.2 Å². The lowest BCUT2D eigenvalue weighted by molar-refractivity contribution is -0.144. The number of esters is 1. The molecule has 1 saturated heterocycles. The molecule has 8 heteroatoms. The number of nitrogens with one attached hydrogen (secondary N) is 1. The van der Waals surface area contributed by atoms with E-state index in [-0.39, 0.29) is 30.2 Å². The fourth-order valence-electron chi connectivity index (χ4n) is 4.87. The molecular formula is C28H34N4O4. The lowest BCUT2D eigenvalue weighted by Crippen LogP contribution is -2.45. The second kappa shape index (κ2) is 11.4. The number of hydrogen-bond donors (Lipinski definition) is 1. The number of amides is 2. The molecule has 0 spiro atoms. The van der Waals surface area contributed by atoms with E-state index in [4.69, 9.17) is 9.72 Å². The quantitative estimate of drug-likeness (QED) is 0.471. The zero-order valence-corrected chi connectivity index (χ0v) is 21.3. The van der Waals surface area contributed by atoms with Crippen LogP contribution in [-0.2, 0) is 27.8 Å². The van der Waals surface area contributed by atoms with Crippen molar-refractivity contribution in [3.8, 4) is 0 Å². The number of fused-ring (bicyclic) bond motifs is 1. The van der Waals surface area contributed by atoms with Crippen molar-refractivity contribution in [1.82, 2.24) is 14.5 Å². The molecule has 3 aromatic rings. The number of aromatic nitrogens is 2. The van der Waals surface area contributed by atoms with Gasteiger partial charge in [0.1, 0.15) is 5.82 Å². The average molecular weight is 491 g/mol. The summed E-state index contributed by atoms with van der Waals surface area (Å²) in [6.45, 7) is 4.46. The third kappa shape index (κ3) is 5.58. The third-order valence-electron chi connectivity index (χ3n) is 6.70. The number of ether oxygens (including phenoxy) is 1. The van der Waals surface area contributed by atoms with Crippen molar-refractivity contribution in [2.45, 2.75) is 58.4 Å². The molecule has 1 aliphatic heterocycles. The van der Waals surface area contributed by atoms with E-state index in [1.807, 2.05) is 48.0 Å². The van der Waals surface area contributed by atoms with Crippen molar-refractivity contribution in [3.05, 3.63) is 59.4 Å². The van der Waals surface area contributed by atoms with Crippen LogP contribution in [0.2, 0.25) is 0 Å². The summed E-state index contributed by atoms with van der Waals surface area (Å²) in [5.41, 5.74) is 3.51. The average Bonchev–Trinajstić information content (AvgIpc) is 3.18. The van der Waals surface area contributed by atoms with Crippen LogP contribution in [0.25, 0.3) is 11.0 Å². The van der Waals surface area contributed by atoms with Crippen molar-refractivity contribution in [2.24, 2.45) is 7.05 Å². The number of piperidine rings is 1. The highest BCUT2D eigenvalue weighted by molar-refractivity contribution is 6.08. The Hall–Kier alpha value is -3.68. The molecule has 0 saturated carbocycles. The Kier molecular flexibility index (Phi) is 8.03. The van der Waals surface area contributed by atoms with Crippen LogP contribution in [-0.4, -0.2) is 51.4 Å². The molecule has 0 aliphatic carbocycles. The van der Waals surface area contributed by atoms with Crippen molar-refractivity contribution < 1.29 is 19.1 Å². The van der Waals surface area contributed by atoms with E-state index in [1.54, 1.807) is 24.8 Å². The molecule has 8 nitrogen and oxygen atoms in total. The Morgan fingerprint density at radius 1 is 1.11 bits per heavy atom. The lowest BCUT2D eigenvalue weighted by atomic mass is 9.97. The Labute approximate surface area is 211 Å². The van der Waals surface area contributed by atoms with Crippen LogP contribution < -0.4 is 5.32 Å². The number of imidazole rings is 1. The van der Waals surface area contributed by atoms with Gasteiger partial charge in [0.25, 0.3) is 5.91 Å². The molecule has 1 aromatic heterocycles.